The summed E-state index contributed by atoms with van der Waals surface area (Å²) in [6.45, 7) is 7.04. The minimum atomic E-state index is -0.717. The lowest BCUT2D eigenvalue weighted by molar-refractivity contribution is -0.111. The summed E-state index contributed by atoms with van der Waals surface area (Å²) < 4.78 is 5.18. The highest BCUT2D eigenvalue weighted by molar-refractivity contribution is 7.18. The first kappa shape index (κ1) is 20.4. The average molecular weight is 386 g/mol. The molecule has 1 aromatic heterocycles. The van der Waals surface area contributed by atoms with Gasteiger partial charge in [-0.2, -0.15) is 0 Å². The topological polar surface area (TPSA) is 98.5 Å². The third kappa shape index (κ3) is 5.27. The Morgan fingerprint density at radius 2 is 1.78 bits per heavy atom. The third-order valence-corrected chi connectivity index (χ3v) is 4.85. The molecule has 27 heavy (non-hydrogen) atoms. The van der Waals surface area contributed by atoms with Crippen LogP contribution in [0, 0.1) is 13.8 Å². The monoisotopic (exact) mass is 386 g/mol. The molecule has 1 aromatic carbocycles. The quantitative estimate of drug-likeness (QED) is 0.584. The van der Waals surface area contributed by atoms with Gasteiger partial charge >= 0.3 is 5.97 Å². The van der Waals surface area contributed by atoms with Gasteiger partial charge in [-0.05, 0) is 44.9 Å². The van der Waals surface area contributed by atoms with Crippen LogP contribution in [0.5, 0.6) is 0 Å². The first-order valence-electron chi connectivity index (χ1n) is 8.39. The van der Waals surface area contributed by atoms with E-state index in [9.17, 15) is 14.4 Å². The Balaban J connectivity index is 2.23. The molecule has 0 radical (unpaired) electrons. The van der Waals surface area contributed by atoms with E-state index in [4.69, 9.17) is 10.5 Å². The summed E-state index contributed by atoms with van der Waals surface area (Å²) in [6.07, 6.45) is 2.72. The maximum atomic E-state index is 12.2. The molecule has 6 nitrogen and oxygen atoms in total. The van der Waals surface area contributed by atoms with E-state index in [2.05, 4.69) is 5.32 Å². The molecule has 0 unspecified atom stereocenters. The number of amides is 2. The van der Waals surface area contributed by atoms with Gasteiger partial charge in [0.15, 0.2) is 0 Å². The summed E-state index contributed by atoms with van der Waals surface area (Å²) in [7, 11) is 0. The first-order chi connectivity index (χ1) is 12.7. The van der Waals surface area contributed by atoms with Crippen LogP contribution in [-0.2, 0) is 9.53 Å². The van der Waals surface area contributed by atoms with Crippen LogP contribution < -0.4 is 11.1 Å². The predicted molar refractivity (Wildman–Crippen MR) is 107 cm³/mol. The van der Waals surface area contributed by atoms with Gasteiger partial charge in [0.2, 0.25) is 5.91 Å². The molecular formula is C20H22N2O4S. The zero-order chi connectivity index (χ0) is 20.1. The largest absolute Gasteiger partial charge is 0.459 e. The molecule has 0 aliphatic carbocycles. The van der Waals surface area contributed by atoms with E-state index in [1.54, 1.807) is 26.8 Å². The van der Waals surface area contributed by atoms with Crippen LogP contribution in [0.1, 0.15) is 50.6 Å². The molecule has 0 atom stereocenters. The Bertz CT molecular complexity index is 895. The lowest BCUT2D eigenvalue weighted by Gasteiger charge is -2.06. The lowest BCUT2D eigenvalue weighted by Crippen LogP contribution is -2.16. The van der Waals surface area contributed by atoms with Crippen LogP contribution in [0.2, 0.25) is 0 Å². The van der Waals surface area contributed by atoms with Gasteiger partial charge in [-0.1, -0.05) is 29.8 Å². The van der Waals surface area contributed by atoms with Crippen molar-refractivity contribution in [3.8, 4) is 0 Å². The number of aryl methyl sites for hydroxylation is 1. The predicted octanol–water partition coefficient (Wildman–Crippen LogP) is 3.68. The number of hydrogen-bond acceptors (Lipinski definition) is 5. The summed E-state index contributed by atoms with van der Waals surface area (Å²) in [5.41, 5.74) is 7.94. The molecule has 0 saturated carbocycles. The van der Waals surface area contributed by atoms with Crippen LogP contribution in [0.15, 0.2) is 30.3 Å². The molecule has 2 amide bonds. The molecule has 0 aliphatic rings. The van der Waals surface area contributed by atoms with Crippen molar-refractivity contribution >= 4 is 40.2 Å². The normalized spacial score (nSPS) is 11.0. The number of primary amides is 1. The molecule has 0 fully saturated rings. The van der Waals surface area contributed by atoms with Crippen molar-refractivity contribution in [2.45, 2.75) is 33.8 Å². The molecule has 0 spiro atoms. The summed E-state index contributed by atoms with van der Waals surface area (Å²) in [4.78, 5) is 36.5. The zero-order valence-electron chi connectivity index (χ0n) is 15.7. The van der Waals surface area contributed by atoms with Crippen molar-refractivity contribution in [3.63, 3.8) is 0 Å². The summed E-state index contributed by atoms with van der Waals surface area (Å²) in [5, 5.41) is 2.86. The molecule has 2 aromatic rings. The van der Waals surface area contributed by atoms with Gasteiger partial charge in [0.1, 0.15) is 9.88 Å². The van der Waals surface area contributed by atoms with Gasteiger partial charge in [0, 0.05) is 6.08 Å². The molecule has 0 saturated heterocycles. The number of anilines is 1. The summed E-state index contributed by atoms with van der Waals surface area (Å²) in [5.74, 6) is -1.70. The van der Waals surface area contributed by atoms with Crippen molar-refractivity contribution in [1.82, 2.24) is 0 Å². The van der Waals surface area contributed by atoms with E-state index in [0.717, 1.165) is 22.5 Å². The fourth-order valence-electron chi connectivity index (χ4n) is 2.36. The molecule has 0 bridgehead atoms. The van der Waals surface area contributed by atoms with E-state index in [0.29, 0.717) is 5.56 Å². The Hall–Kier alpha value is -2.93. The number of rotatable bonds is 6. The van der Waals surface area contributed by atoms with Gasteiger partial charge < -0.3 is 15.8 Å². The lowest BCUT2D eigenvalue weighted by atomic mass is 10.1. The van der Waals surface area contributed by atoms with Crippen molar-refractivity contribution in [1.29, 1.82) is 0 Å². The van der Waals surface area contributed by atoms with Crippen LogP contribution >= 0.6 is 11.3 Å². The Morgan fingerprint density at radius 1 is 1.15 bits per heavy atom. The van der Waals surface area contributed by atoms with Crippen molar-refractivity contribution in [2.24, 2.45) is 5.73 Å². The highest BCUT2D eigenvalue weighted by Crippen LogP contribution is 2.33. The fourth-order valence-corrected chi connectivity index (χ4v) is 3.46. The van der Waals surface area contributed by atoms with Gasteiger partial charge in [0.05, 0.1) is 11.7 Å². The number of nitrogens with one attached hydrogen (secondary N) is 1. The molecule has 2 rings (SSSR count). The van der Waals surface area contributed by atoms with Crippen LogP contribution in [-0.4, -0.2) is 23.9 Å². The van der Waals surface area contributed by atoms with Gasteiger partial charge in [0.25, 0.3) is 5.91 Å². The number of hydrogen-bond donors (Lipinski definition) is 2. The maximum absolute atomic E-state index is 12.2. The maximum Gasteiger partial charge on any atom is 0.348 e. The number of carbonyl (C=O) groups is 3. The number of thiophene rings is 1. The molecule has 7 heteroatoms. The Morgan fingerprint density at radius 3 is 2.33 bits per heavy atom. The standard InChI is InChI=1S/C20H22N2O4S/c1-11(2)26-20(25)17-13(4)16(18(21)24)19(27-17)22-15(23)10-9-14-7-5-12(3)6-8-14/h5-11H,1-4H3,(H2,21,24)(H,22,23). The summed E-state index contributed by atoms with van der Waals surface area (Å²) in [6, 6.07) is 7.67. The first-order valence-corrected chi connectivity index (χ1v) is 9.20. The number of benzene rings is 1. The van der Waals surface area contributed by atoms with E-state index in [1.807, 2.05) is 31.2 Å². The second kappa shape index (κ2) is 8.64. The number of ether oxygens (including phenoxy) is 1. The number of nitrogens with two attached hydrogens (primary N) is 1. The van der Waals surface area contributed by atoms with Gasteiger partial charge in [-0.3, -0.25) is 9.59 Å². The highest BCUT2D eigenvalue weighted by atomic mass is 32.1. The third-order valence-electron chi connectivity index (χ3n) is 3.66. The molecule has 0 aliphatic heterocycles. The van der Waals surface area contributed by atoms with E-state index in [1.165, 1.54) is 6.08 Å². The van der Waals surface area contributed by atoms with Gasteiger partial charge in [-0.25, -0.2) is 4.79 Å². The molecular weight excluding hydrogens is 364 g/mol. The Kier molecular flexibility index (Phi) is 6.52. The smallest absolute Gasteiger partial charge is 0.348 e. The second-order valence-corrected chi connectivity index (χ2v) is 7.33. The Labute approximate surface area is 162 Å². The number of carbonyl (C=O) groups excluding carboxylic acids is 3. The minimum absolute atomic E-state index is 0.118. The zero-order valence-corrected chi connectivity index (χ0v) is 16.5. The van der Waals surface area contributed by atoms with Crippen LogP contribution in [0.4, 0.5) is 5.00 Å². The van der Waals surface area contributed by atoms with Crippen molar-refractivity contribution in [3.05, 3.63) is 57.5 Å². The van der Waals surface area contributed by atoms with E-state index in [-0.39, 0.29) is 21.5 Å². The van der Waals surface area contributed by atoms with Crippen molar-refractivity contribution in [2.75, 3.05) is 5.32 Å². The SMILES string of the molecule is Cc1ccc(C=CC(=O)Nc2sc(C(=O)OC(C)C)c(C)c2C(N)=O)cc1. The molecule has 3 N–H and O–H groups in total. The van der Waals surface area contributed by atoms with E-state index >= 15 is 0 Å². The summed E-state index contributed by atoms with van der Waals surface area (Å²) >= 11 is 0.975. The van der Waals surface area contributed by atoms with Crippen LogP contribution in [0.3, 0.4) is 0 Å². The van der Waals surface area contributed by atoms with Gasteiger partial charge in [-0.15, -0.1) is 11.3 Å². The van der Waals surface area contributed by atoms with E-state index < -0.39 is 17.8 Å². The number of esters is 1. The minimum Gasteiger partial charge on any atom is -0.459 e. The average Bonchev–Trinajstić information content (AvgIpc) is 2.90. The molecule has 142 valence electrons. The molecule has 1 heterocycles. The highest BCUT2D eigenvalue weighted by Gasteiger charge is 2.25. The fraction of sp³-hybridized carbons (Fsp3) is 0.250. The van der Waals surface area contributed by atoms with Crippen LogP contribution in [0.25, 0.3) is 6.08 Å². The van der Waals surface area contributed by atoms with Crippen molar-refractivity contribution < 1.29 is 19.1 Å². The second-order valence-electron chi connectivity index (χ2n) is 6.31.